The van der Waals surface area contributed by atoms with E-state index in [0.717, 1.165) is 48.3 Å². The third kappa shape index (κ3) is 5.00. The van der Waals surface area contributed by atoms with Crippen molar-refractivity contribution >= 4 is 27.3 Å². The van der Waals surface area contributed by atoms with E-state index in [0.29, 0.717) is 0 Å². The molecule has 1 amide bonds. The molecule has 0 radical (unpaired) electrons. The number of likely N-dealkylation sites (tertiary alicyclic amines) is 1. The summed E-state index contributed by atoms with van der Waals surface area (Å²) in [4.78, 5) is 14.2. The largest absolute Gasteiger partial charge is 0.306 e. The molecular formula is C15H21FN4O3S. The van der Waals surface area contributed by atoms with Crippen molar-refractivity contribution in [2.24, 2.45) is 5.10 Å². The Kier molecular flexibility index (Phi) is 5.89. The number of sulfonamides is 1. The topological polar surface area (TPSA) is 82.1 Å². The standard InChI is InChI=1S/C15H21FN4O3S/c1-19-9-7-12(8-10-19)17-18-15(21)11-20(24(2,22)23)14-6-4-3-5-13(14)16/h3-6H,7-11H2,1-2H3,(H,18,21). The molecule has 1 fully saturated rings. The first-order chi connectivity index (χ1) is 11.3. The molecule has 2 rings (SSSR count). The Hall–Kier alpha value is -2.00. The number of hydrazone groups is 1. The molecule has 0 aliphatic carbocycles. The van der Waals surface area contributed by atoms with Crippen LogP contribution in [0.3, 0.4) is 0 Å². The van der Waals surface area contributed by atoms with Gasteiger partial charge in [0.25, 0.3) is 5.91 Å². The number of amides is 1. The Bertz CT molecular complexity index is 726. The van der Waals surface area contributed by atoms with Gasteiger partial charge in [-0.2, -0.15) is 5.10 Å². The van der Waals surface area contributed by atoms with Crippen LogP contribution in [0.15, 0.2) is 29.4 Å². The highest BCUT2D eigenvalue weighted by atomic mass is 32.2. The van der Waals surface area contributed by atoms with Gasteiger partial charge in [0.05, 0.1) is 11.9 Å². The molecular weight excluding hydrogens is 335 g/mol. The first-order valence-corrected chi connectivity index (χ1v) is 9.37. The summed E-state index contributed by atoms with van der Waals surface area (Å²) >= 11 is 0. The molecule has 1 heterocycles. The average Bonchev–Trinajstić information content (AvgIpc) is 2.52. The van der Waals surface area contributed by atoms with Gasteiger partial charge in [-0.25, -0.2) is 18.2 Å². The summed E-state index contributed by atoms with van der Waals surface area (Å²) in [6.45, 7) is 1.19. The maximum atomic E-state index is 13.9. The van der Waals surface area contributed by atoms with Crippen LogP contribution in [0.1, 0.15) is 12.8 Å². The van der Waals surface area contributed by atoms with Gasteiger partial charge in [-0.15, -0.1) is 0 Å². The first kappa shape index (κ1) is 18.3. The van der Waals surface area contributed by atoms with Gasteiger partial charge >= 0.3 is 0 Å². The van der Waals surface area contributed by atoms with E-state index in [1.54, 1.807) is 0 Å². The Morgan fingerprint density at radius 3 is 2.54 bits per heavy atom. The van der Waals surface area contributed by atoms with E-state index in [1.165, 1.54) is 18.2 Å². The number of anilines is 1. The van der Waals surface area contributed by atoms with Gasteiger partial charge in [-0.1, -0.05) is 12.1 Å². The van der Waals surface area contributed by atoms with E-state index < -0.39 is 28.3 Å². The smallest absolute Gasteiger partial charge is 0.260 e. The molecule has 9 heteroatoms. The predicted octanol–water partition coefficient (Wildman–Crippen LogP) is 0.789. The molecule has 0 aromatic heterocycles. The number of carbonyl (C=O) groups excluding carboxylic acids is 1. The van der Waals surface area contributed by atoms with Crippen LogP contribution in [0.5, 0.6) is 0 Å². The Morgan fingerprint density at radius 2 is 1.96 bits per heavy atom. The summed E-state index contributed by atoms with van der Waals surface area (Å²) in [6, 6.07) is 5.41. The number of rotatable bonds is 5. The molecule has 1 saturated heterocycles. The lowest BCUT2D eigenvalue weighted by Crippen LogP contribution is -2.40. The Labute approximate surface area is 141 Å². The zero-order valence-electron chi connectivity index (χ0n) is 13.7. The molecule has 1 aromatic carbocycles. The summed E-state index contributed by atoms with van der Waals surface area (Å²) in [7, 11) is -1.80. The summed E-state index contributed by atoms with van der Waals surface area (Å²) in [5.74, 6) is -1.33. The van der Waals surface area contributed by atoms with Crippen LogP contribution in [0.2, 0.25) is 0 Å². The number of benzene rings is 1. The number of nitrogens with one attached hydrogen (secondary N) is 1. The van der Waals surface area contributed by atoms with Crippen molar-refractivity contribution < 1.29 is 17.6 Å². The van der Waals surface area contributed by atoms with Crippen LogP contribution in [0, 0.1) is 5.82 Å². The minimum Gasteiger partial charge on any atom is -0.306 e. The predicted molar refractivity (Wildman–Crippen MR) is 90.9 cm³/mol. The fourth-order valence-corrected chi connectivity index (χ4v) is 3.19. The van der Waals surface area contributed by atoms with Gasteiger partial charge in [0.2, 0.25) is 10.0 Å². The van der Waals surface area contributed by atoms with Crippen molar-refractivity contribution in [1.82, 2.24) is 10.3 Å². The van der Waals surface area contributed by atoms with E-state index in [9.17, 15) is 17.6 Å². The summed E-state index contributed by atoms with van der Waals surface area (Å²) in [5.41, 5.74) is 3.06. The van der Waals surface area contributed by atoms with Crippen molar-refractivity contribution in [3.05, 3.63) is 30.1 Å². The van der Waals surface area contributed by atoms with Crippen molar-refractivity contribution in [2.45, 2.75) is 12.8 Å². The van der Waals surface area contributed by atoms with E-state index in [2.05, 4.69) is 15.4 Å². The summed E-state index contributed by atoms with van der Waals surface area (Å²) < 4.78 is 38.4. The minimum absolute atomic E-state index is 0.165. The summed E-state index contributed by atoms with van der Waals surface area (Å²) in [5, 5.41) is 4.04. The molecule has 0 atom stereocenters. The molecule has 1 N–H and O–H groups in total. The van der Waals surface area contributed by atoms with Gasteiger partial charge in [-0.05, 0) is 19.2 Å². The van der Waals surface area contributed by atoms with Crippen LogP contribution in [0.25, 0.3) is 0 Å². The van der Waals surface area contributed by atoms with Crippen LogP contribution in [-0.2, 0) is 14.8 Å². The van der Waals surface area contributed by atoms with Gasteiger partial charge in [0.1, 0.15) is 12.4 Å². The van der Waals surface area contributed by atoms with E-state index in [-0.39, 0.29) is 5.69 Å². The lowest BCUT2D eigenvalue weighted by atomic mass is 10.1. The molecule has 0 saturated carbocycles. The number of carbonyl (C=O) groups is 1. The average molecular weight is 356 g/mol. The van der Waals surface area contributed by atoms with Gasteiger partial charge in [0, 0.05) is 31.6 Å². The second-order valence-corrected chi connectivity index (χ2v) is 7.64. The molecule has 1 aliphatic rings. The highest BCUT2D eigenvalue weighted by Gasteiger charge is 2.23. The lowest BCUT2D eigenvalue weighted by molar-refractivity contribution is -0.119. The van der Waals surface area contributed by atoms with E-state index in [1.807, 2.05) is 7.05 Å². The monoisotopic (exact) mass is 356 g/mol. The lowest BCUT2D eigenvalue weighted by Gasteiger charge is -2.23. The van der Waals surface area contributed by atoms with Crippen LogP contribution < -0.4 is 9.73 Å². The minimum atomic E-state index is -3.81. The Balaban J connectivity index is 2.06. The molecule has 0 spiro atoms. The molecule has 1 aliphatic heterocycles. The van der Waals surface area contributed by atoms with Crippen LogP contribution in [0.4, 0.5) is 10.1 Å². The third-order valence-corrected chi connectivity index (χ3v) is 4.84. The molecule has 24 heavy (non-hydrogen) atoms. The van der Waals surface area contributed by atoms with Gasteiger partial charge < -0.3 is 4.90 Å². The molecule has 1 aromatic rings. The number of para-hydroxylation sites is 1. The second kappa shape index (κ2) is 7.71. The van der Waals surface area contributed by atoms with Crippen molar-refractivity contribution in [2.75, 3.05) is 37.2 Å². The quantitative estimate of drug-likeness (QED) is 0.791. The van der Waals surface area contributed by atoms with Crippen molar-refractivity contribution in [3.63, 3.8) is 0 Å². The maximum Gasteiger partial charge on any atom is 0.260 e. The molecule has 0 bridgehead atoms. The van der Waals surface area contributed by atoms with E-state index >= 15 is 0 Å². The summed E-state index contributed by atoms with van der Waals surface area (Å²) in [6.07, 6.45) is 2.43. The molecule has 0 unspecified atom stereocenters. The van der Waals surface area contributed by atoms with Crippen molar-refractivity contribution in [3.8, 4) is 0 Å². The molecule has 7 nitrogen and oxygen atoms in total. The molecule has 132 valence electrons. The number of hydrogen-bond donors (Lipinski definition) is 1. The SMILES string of the molecule is CN1CCC(=NNC(=O)CN(c2ccccc2F)S(C)(=O)=O)CC1. The third-order valence-electron chi connectivity index (χ3n) is 3.71. The van der Waals surface area contributed by atoms with Gasteiger partial charge in [-0.3, -0.25) is 9.10 Å². The number of halogens is 1. The Morgan fingerprint density at radius 1 is 1.33 bits per heavy atom. The zero-order valence-corrected chi connectivity index (χ0v) is 14.5. The van der Waals surface area contributed by atoms with E-state index in [4.69, 9.17) is 0 Å². The fourth-order valence-electron chi connectivity index (χ4n) is 2.33. The zero-order chi connectivity index (χ0) is 17.7. The number of hydrogen-bond acceptors (Lipinski definition) is 5. The van der Waals surface area contributed by atoms with Gasteiger partial charge in [0.15, 0.2) is 0 Å². The van der Waals surface area contributed by atoms with Crippen molar-refractivity contribution in [1.29, 1.82) is 0 Å². The maximum absolute atomic E-state index is 13.9. The second-order valence-electron chi connectivity index (χ2n) is 5.74. The fraction of sp³-hybridized carbons (Fsp3) is 0.467. The normalized spacial score (nSPS) is 15.9. The van der Waals surface area contributed by atoms with Crippen LogP contribution >= 0.6 is 0 Å². The number of nitrogens with zero attached hydrogens (tertiary/aromatic N) is 3. The highest BCUT2D eigenvalue weighted by molar-refractivity contribution is 7.92. The van der Waals surface area contributed by atoms with Crippen LogP contribution in [-0.4, -0.2) is 57.9 Å². The number of piperidine rings is 1. The highest BCUT2D eigenvalue weighted by Crippen LogP contribution is 2.20. The first-order valence-electron chi connectivity index (χ1n) is 7.52.